The molecule has 0 unspecified atom stereocenters. The van der Waals surface area contributed by atoms with Crippen molar-refractivity contribution in [3.63, 3.8) is 0 Å². The molecule has 110 valence electrons. The Hall–Kier alpha value is -1.62. The number of carboxylic acids is 1. The van der Waals surface area contributed by atoms with Gasteiger partial charge in [0.1, 0.15) is 11.4 Å². The lowest BCUT2D eigenvalue weighted by atomic mass is 9.90. The summed E-state index contributed by atoms with van der Waals surface area (Å²) in [7, 11) is 0. The third kappa shape index (κ3) is 2.93. The summed E-state index contributed by atoms with van der Waals surface area (Å²) in [6.07, 6.45) is 3.94. The van der Waals surface area contributed by atoms with Crippen LogP contribution in [0, 0.1) is 13.8 Å². The number of carboxylic acid groups (broad SMARTS) is 1. The van der Waals surface area contributed by atoms with E-state index in [1.54, 1.807) is 6.07 Å². The molecular weight excluding hydrogens is 256 g/mol. The summed E-state index contributed by atoms with van der Waals surface area (Å²) in [5.41, 5.74) is 1.87. The Bertz CT molecular complexity index is 498. The molecular formula is C15H22N2O3. The molecule has 0 atom stereocenters. The lowest BCUT2D eigenvalue weighted by Crippen LogP contribution is -2.42. The monoisotopic (exact) mass is 278 g/mol. The second kappa shape index (κ2) is 6.22. The van der Waals surface area contributed by atoms with E-state index in [1.165, 1.54) is 6.42 Å². The fourth-order valence-corrected chi connectivity index (χ4v) is 2.69. The first kappa shape index (κ1) is 14.8. The average Bonchev–Trinajstić information content (AvgIpc) is 2.30. The van der Waals surface area contributed by atoms with Crippen molar-refractivity contribution in [3.8, 4) is 0 Å². The molecule has 5 nitrogen and oxygen atoms in total. The summed E-state index contributed by atoms with van der Waals surface area (Å²) in [5, 5.41) is 18.5. The van der Waals surface area contributed by atoms with Gasteiger partial charge in [0.25, 0.3) is 0 Å². The van der Waals surface area contributed by atoms with Gasteiger partial charge in [0.15, 0.2) is 0 Å². The fraction of sp³-hybridized carbons (Fsp3) is 0.600. The smallest absolute Gasteiger partial charge is 0.339 e. The minimum atomic E-state index is -0.932. The third-order valence-corrected chi connectivity index (χ3v) is 3.88. The average molecular weight is 278 g/mol. The summed E-state index contributed by atoms with van der Waals surface area (Å²) in [6.45, 7) is 4.45. The summed E-state index contributed by atoms with van der Waals surface area (Å²) < 4.78 is 0. The van der Waals surface area contributed by atoms with Gasteiger partial charge < -0.3 is 15.1 Å². The zero-order valence-electron chi connectivity index (χ0n) is 12.1. The van der Waals surface area contributed by atoms with Crippen LogP contribution in [0.3, 0.4) is 0 Å². The van der Waals surface area contributed by atoms with Crippen molar-refractivity contribution >= 4 is 11.8 Å². The molecule has 1 fully saturated rings. The summed E-state index contributed by atoms with van der Waals surface area (Å²) in [6, 6.07) is 2.16. The molecule has 1 heterocycles. The van der Waals surface area contributed by atoms with E-state index in [4.69, 9.17) is 5.11 Å². The molecule has 2 rings (SSSR count). The number of aromatic carboxylic acids is 1. The Balaban J connectivity index is 2.42. The van der Waals surface area contributed by atoms with E-state index >= 15 is 0 Å². The number of anilines is 1. The van der Waals surface area contributed by atoms with Crippen LogP contribution in [0.4, 0.5) is 5.82 Å². The SMILES string of the molecule is Cc1cc(C)c(C(=O)O)c(N(CCCO)C2CCC2)n1. The summed E-state index contributed by atoms with van der Waals surface area (Å²) in [5.74, 6) is -0.369. The van der Waals surface area contributed by atoms with Crippen molar-refractivity contribution < 1.29 is 15.0 Å². The van der Waals surface area contributed by atoms with Gasteiger partial charge in [0.05, 0.1) is 0 Å². The fourth-order valence-electron chi connectivity index (χ4n) is 2.69. The Morgan fingerprint density at radius 2 is 2.15 bits per heavy atom. The van der Waals surface area contributed by atoms with Gasteiger partial charge in [0, 0.05) is 24.9 Å². The van der Waals surface area contributed by atoms with Gasteiger partial charge in [-0.05, 0) is 51.2 Å². The maximum Gasteiger partial charge on any atom is 0.339 e. The highest BCUT2D eigenvalue weighted by Gasteiger charge is 2.29. The first-order valence-corrected chi connectivity index (χ1v) is 7.13. The second-order valence-electron chi connectivity index (χ2n) is 5.44. The van der Waals surface area contributed by atoms with Gasteiger partial charge in [-0.15, -0.1) is 0 Å². The molecule has 1 aliphatic carbocycles. The molecule has 1 aliphatic rings. The van der Waals surface area contributed by atoms with Gasteiger partial charge in [-0.2, -0.15) is 0 Å². The molecule has 1 aromatic rings. The van der Waals surface area contributed by atoms with Crippen molar-refractivity contribution in [1.82, 2.24) is 4.98 Å². The summed E-state index contributed by atoms with van der Waals surface area (Å²) in [4.78, 5) is 18.1. The standard InChI is InChI=1S/C15H22N2O3/c1-10-9-11(2)16-14(13(10)15(19)20)17(7-4-8-18)12-5-3-6-12/h9,12,18H,3-8H2,1-2H3,(H,19,20). The normalized spacial score (nSPS) is 14.9. The van der Waals surface area contributed by atoms with Crippen LogP contribution in [0.5, 0.6) is 0 Å². The highest BCUT2D eigenvalue weighted by atomic mass is 16.4. The van der Waals surface area contributed by atoms with Crippen LogP contribution in [0.15, 0.2) is 6.07 Å². The molecule has 0 amide bonds. The van der Waals surface area contributed by atoms with E-state index in [-0.39, 0.29) is 6.61 Å². The van der Waals surface area contributed by atoms with Crippen molar-refractivity contribution in [2.75, 3.05) is 18.1 Å². The Morgan fingerprint density at radius 3 is 2.65 bits per heavy atom. The van der Waals surface area contributed by atoms with Gasteiger partial charge in [-0.1, -0.05) is 0 Å². The summed E-state index contributed by atoms with van der Waals surface area (Å²) >= 11 is 0. The number of carbonyl (C=O) groups is 1. The maximum atomic E-state index is 11.5. The van der Waals surface area contributed by atoms with E-state index in [0.717, 1.165) is 24.1 Å². The number of hydrogen-bond acceptors (Lipinski definition) is 4. The number of aliphatic hydroxyl groups excluding tert-OH is 1. The molecule has 0 aliphatic heterocycles. The molecule has 1 aromatic heterocycles. The number of aryl methyl sites for hydroxylation is 2. The number of aromatic nitrogens is 1. The highest BCUT2D eigenvalue weighted by Crippen LogP contribution is 2.32. The third-order valence-electron chi connectivity index (χ3n) is 3.88. The van der Waals surface area contributed by atoms with E-state index in [9.17, 15) is 9.90 Å². The second-order valence-corrected chi connectivity index (χ2v) is 5.44. The van der Waals surface area contributed by atoms with Gasteiger partial charge in [-0.25, -0.2) is 9.78 Å². The molecule has 1 saturated carbocycles. The number of hydrogen-bond donors (Lipinski definition) is 2. The van der Waals surface area contributed by atoms with Crippen LogP contribution in [-0.2, 0) is 0 Å². The van der Waals surface area contributed by atoms with Crippen molar-refractivity contribution in [3.05, 3.63) is 22.9 Å². The number of nitrogens with zero attached hydrogens (tertiary/aromatic N) is 2. The highest BCUT2D eigenvalue weighted by molar-refractivity contribution is 5.95. The topological polar surface area (TPSA) is 73.7 Å². The molecule has 0 saturated heterocycles. The number of pyridine rings is 1. The lowest BCUT2D eigenvalue weighted by Gasteiger charge is -2.39. The predicted molar refractivity (Wildman–Crippen MR) is 77.4 cm³/mol. The van der Waals surface area contributed by atoms with Gasteiger partial charge >= 0.3 is 5.97 Å². The molecule has 0 aromatic carbocycles. The van der Waals surface area contributed by atoms with Crippen molar-refractivity contribution in [2.45, 2.75) is 45.6 Å². The quantitative estimate of drug-likeness (QED) is 0.834. The van der Waals surface area contributed by atoms with Crippen molar-refractivity contribution in [1.29, 1.82) is 0 Å². The zero-order chi connectivity index (χ0) is 14.7. The maximum absolute atomic E-state index is 11.5. The first-order valence-electron chi connectivity index (χ1n) is 7.13. The molecule has 0 radical (unpaired) electrons. The van der Waals surface area contributed by atoms with E-state index in [1.807, 2.05) is 13.8 Å². The van der Waals surface area contributed by atoms with Crippen LogP contribution in [0.2, 0.25) is 0 Å². The van der Waals surface area contributed by atoms with Gasteiger partial charge in [0.2, 0.25) is 0 Å². The van der Waals surface area contributed by atoms with Crippen LogP contribution >= 0.6 is 0 Å². The van der Waals surface area contributed by atoms with Crippen LogP contribution in [0.1, 0.15) is 47.3 Å². The molecule has 0 bridgehead atoms. The molecule has 20 heavy (non-hydrogen) atoms. The lowest BCUT2D eigenvalue weighted by molar-refractivity contribution is 0.0696. The first-order chi connectivity index (χ1) is 9.54. The number of aliphatic hydroxyl groups is 1. The number of rotatable bonds is 6. The van der Waals surface area contributed by atoms with E-state index in [0.29, 0.717) is 30.4 Å². The minimum absolute atomic E-state index is 0.108. The van der Waals surface area contributed by atoms with Crippen LogP contribution in [-0.4, -0.2) is 40.4 Å². The Morgan fingerprint density at radius 1 is 1.45 bits per heavy atom. The van der Waals surface area contributed by atoms with E-state index in [2.05, 4.69) is 9.88 Å². The minimum Gasteiger partial charge on any atom is -0.478 e. The zero-order valence-corrected chi connectivity index (χ0v) is 12.1. The Kier molecular flexibility index (Phi) is 4.60. The largest absolute Gasteiger partial charge is 0.478 e. The van der Waals surface area contributed by atoms with Gasteiger partial charge in [-0.3, -0.25) is 0 Å². The Labute approximate surface area is 119 Å². The molecule has 0 spiro atoms. The molecule has 2 N–H and O–H groups in total. The van der Waals surface area contributed by atoms with E-state index < -0.39 is 5.97 Å². The van der Waals surface area contributed by atoms with Crippen LogP contribution < -0.4 is 4.90 Å². The molecule has 5 heteroatoms. The van der Waals surface area contributed by atoms with Crippen LogP contribution in [0.25, 0.3) is 0 Å². The van der Waals surface area contributed by atoms with Crippen molar-refractivity contribution in [2.24, 2.45) is 0 Å². The predicted octanol–water partition coefficient (Wildman–Crippen LogP) is 2.14.